The number of carbonyl (C=O) groups is 2. The van der Waals surface area contributed by atoms with E-state index in [1.165, 1.54) is 25.1 Å². The second-order valence-corrected chi connectivity index (χ2v) is 8.72. The van der Waals surface area contributed by atoms with Crippen LogP contribution in [0.2, 0.25) is 0 Å². The van der Waals surface area contributed by atoms with Crippen LogP contribution in [0.5, 0.6) is 11.5 Å². The summed E-state index contributed by atoms with van der Waals surface area (Å²) in [6.45, 7) is 5.86. The zero-order chi connectivity index (χ0) is 24.8. The molecule has 35 heavy (non-hydrogen) atoms. The molecule has 11 nitrogen and oxygen atoms in total. The second-order valence-electron chi connectivity index (χ2n) is 8.72. The first-order chi connectivity index (χ1) is 17.0. The van der Waals surface area contributed by atoms with Gasteiger partial charge in [-0.25, -0.2) is 4.98 Å². The fourth-order valence-corrected chi connectivity index (χ4v) is 4.46. The predicted octanol–water partition coefficient (Wildman–Crippen LogP) is 0.197. The van der Waals surface area contributed by atoms with E-state index in [-0.39, 0.29) is 17.4 Å². The number of fused-ring (bicyclic) bond motifs is 1. The summed E-state index contributed by atoms with van der Waals surface area (Å²) in [6.07, 6.45) is 2.35. The normalized spacial score (nSPS) is 17.0. The summed E-state index contributed by atoms with van der Waals surface area (Å²) in [5.41, 5.74) is 0.344. The highest BCUT2D eigenvalue weighted by molar-refractivity contribution is 5.82. The third-order valence-electron chi connectivity index (χ3n) is 6.57. The molecule has 4 rings (SSSR count). The van der Waals surface area contributed by atoms with Gasteiger partial charge in [-0.2, -0.15) is 0 Å². The number of aromatic nitrogens is 2. The van der Waals surface area contributed by atoms with E-state index in [1.54, 1.807) is 17.0 Å². The smallest absolute Gasteiger partial charge is 0.261 e. The molecule has 0 bridgehead atoms. The second kappa shape index (κ2) is 11.5. The maximum absolute atomic E-state index is 12.9. The van der Waals surface area contributed by atoms with E-state index in [0.717, 1.165) is 13.1 Å². The molecule has 0 radical (unpaired) electrons. The number of aryl methyl sites for hydroxylation is 1. The number of piperazine rings is 1. The lowest BCUT2D eigenvalue weighted by molar-refractivity contribution is -0.140. The summed E-state index contributed by atoms with van der Waals surface area (Å²) in [5.74, 6) is 1.13. The highest BCUT2D eigenvalue weighted by Gasteiger charge is 2.25. The van der Waals surface area contributed by atoms with Crippen molar-refractivity contribution in [3.63, 3.8) is 0 Å². The van der Waals surface area contributed by atoms with Gasteiger partial charge in [-0.3, -0.25) is 23.9 Å². The number of benzene rings is 1. The Hall–Kier alpha value is -3.18. The summed E-state index contributed by atoms with van der Waals surface area (Å²) in [5, 5.41) is 0.439. The topological polar surface area (TPSA) is 106 Å². The number of carbonyl (C=O) groups excluding carboxylic acids is 2. The minimum atomic E-state index is -0.184. The van der Waals surface area contributed by atoms with Crippen LogP contribution in [0.4, 0.5) is 0 Å². The molecule has 2 aliphatic rings. The lowest BCUT2D eigenvalue weighted by atomic mass is 10.2. The molecule has 2 aliphatic heterocycles. The van der Waals surface area contributed by atoms with Gasteiger partial charge in [0.1, 0.15) is 0 Å². The molecule has 0 spiro atoms. The predicted molar refractivity (Wildman–Crippen MR) is 129 cm³/mol. The molecule has 1 aromatic carbocycles. The average molecular weight is 488 g/mol. The number of hydrogen-bond acceptors (Lipinski definition) is 8. The lowest BCUT2D eigenvalue weighted by Crippen LogP contribution is -2.53. The first-order valence-corrected chi connectivity index (χ1v) is 12.0. The summed E-state index contributed by atoms with van der Waals surface area (Å²) >= 11 is 0. The Kier molecular flexibility index (Phi) is 8.19. The molecule has 190 valence electrons. The standard InChI is InChI=1S/C24H33N5O6/c1-33-20-14-18-19(15-21(20)34-2)25-17-29(24(18)32)5-3-4-22(30)27-6-8-28(9-7-27)23(31)16-26-10-12-35-13-11-26/h14-15,17H,3-13,16H2,1-2H3. The third-order valence-corrected chi connectivity index (χ3v) is 6.57. The van der Waals surface area contributed by atoms with Gasteiger partial charge in [0.25, 0.3) is 5.56 Å². The molecule has 2 amide bonds. The van der Waals surface area contributed by atoms with E-state index in [2.05, 4.69) is 9.88 Å². The molecule has 0 unspecified atom stereocenters. The molecule has 11 heteroatoms. The number of rotatable bonds is 8. The molecular formula is C24H33N5O6. The van der Waals surface area contributed by atoms with Crippen molar-refractivity contribution in [3.8, 4) is 11.5 Å². The fraction of sp³-hybridized carbons (Fsp3) is 0.583. The minimum Gasteiger partial charge on any atom is -0.493 e. The number of methoxy groups -OCH3 is 2. The van der Waals surface area contributed by atoms with Crippen LogP contribution in [0.1, 0.15) is 12.8 Å². The minimum absolute atomic E-state index is 0.0403. The van der Waals surface area contributed by atoms with Crippen molar-refractivity contribution in [1.29, 1.82) is 0 Å². The number of hydrogen-bond donors (Lipinski definition) is 0. The van der Waals surface area contributed by atoms with Gasteiger partial charge in [-0.1, -0.05) is 0 Å². The highest BCUT2D eigenvalue weighted by atomic mass is 16.5. The van der Waals surface area contributed by atoms with E-state index < -0.39 is 0 Å². The zero-order valence-electron chi connectivity index (χ0n) is 20.4. The quantitative estimate of drug-likeness (QED) is 0.520. The van der Waals surface area contributed by atoms with Crippen LogP contribution in [0.25, 0.3) is 10.9 Å². The monoisotopic (exact) mass is 487 g/mol. The van der Waals surface area contributed by atoms with Gasteiger partial charge in [0.15, 0.2) is 11.5 Å². The van der Waals surface area contributed by atoms with Crippen LogP contribution in [0.15, 0.2) is 23.3 Å². The van der Waals surface area contributed by atoms with E-state index in [1.807, 2.05) is 4.90 Å². The maximum atomic E-state index is 12.9. The van der Waals surface area contributed by atoms with Crippen molar-refractivity contribution in [2.45, 2.75) is 19.4 Å². The Labute approximate surface area is 204 Å². The summed E-state index contributed by atoms with van der Waals surface area (Å²) in [6, 6.07) is 3.31. The van der Waals surface area contributed by atoms with E-state index in [0.29, 0.717) is 87.7 Å². The van der Waals surface area contributed by atoms with Crippen molar-refractivity contribution < 1.29 is 23.8 Å². The molecular weight excluding hydrogens is 454 g/mol. The SMILES string of the molecule is COc1cc2ncn(CCCC(=O)N3CCN(C(=O)CN4CCOCC4)CC3)c(=O)c2cc1OC. The van der Waals surface area contributed by atoms with Crippen LogP contribution in [-0.2, 0) is 20.9 Å². The Bertz CT molecular complexity index is 1110. The fourth-order valence-electron chi connectivity index (χ4n) is 4.46. The Morgan fingerprint density at radius 2 is 1.57 bits per heavy atom. The zero-order valence-corrected chi connectivity index (χ0v) is 20.4. The van der Waals surface area contributed by atoms with Gasteiger partial charge < -0.3 is 24.0 Å². The molecule has 0 N–H and O–H groups in total. The van der Waals surface area contributed by atoms with E-state index in [9.17, 15) is 14.4 Å². The van der Waals surface area contributed by atoms with Crippen LogP contribution >= 0.6 is 0 Å². The molecule has 2 aromatic rings. The van der Waals surface area contributed by atoms with Crippen molar-refractivity contribution in [2.75, 3.05) is 73.2 Å². The highest BCUT2D eigenvalue weighted by Crippen LogP contribution is 2.29. The largest absolute Gasteiger partial charge is 0.493 e. The molecule has 2 saturated heterocycles. The van der Waals surface area contributed by atoms with Crippen molar-refractivity contribution in [1.82, 2.24) is 24.3 Å². The van der Waals surface area contributed by atoms with Gasteiger partial charge >= 0.3 is 0 Å². The Morgan fingerprint density at radius 1 is 0.943 bits per heavy atom. The summed E-state index contributed by atoms with van der Waals surface area (Å²) in [4.78, 5) is 48.3. The average Bonchev–Trinajstić information content (AvgIpc) is 2.89. The van der Waals surface area contributed by atoms with Crippen LogP contribution in [-0.4, -0.2) is 109 Å². The number of ether oxygens (including phenoxy) is 3. The number of morpholine rings is 1. The first-order valence-electron chi connectivity index (χ1n) is 12.0. The van der Waals surface area contributed by atoms with Crippen LogP contribution < -0.4 is 15.0 Å². The molecule has 1 aromatic heterocycles. The van der Waals surface area contributed by atoms with E-state index in [4.69, 9.17) is 14.2 Å². The Morgan fingerprint density at radius 3 is 2.23 bits per heavy atom. The third kappa shape index (κ3) is 5.91. The van der Waals surface area contributed by atoms with Gasteiger partial charge in [-0.05, 0) is 12.5 Å². The summed E-state index contributed by atoms with van der Waals surface area (Å²) < 4.78 is 17.4. The van der Waals surface area contributed by atoms with Crippen LogP contribution in [0, 0.1) is 0 Å². The molecule has 0 atom stereocenters. The van der Waals surface area contributed by atoms with Crippen LogP contribution in [0.3, 0.4) is 0 Å². The molecule has 2 fully saturated rings. The van der Waals surface area contributed by atoms with Gasteiger partial charge in [0.05, 0.1) is 51.2 Å². The maximum Gasteiger partial charge on any atom is 0.261 e. The van der Waals surface area contributed by atoms with Crippen molar-refractivity contribution in [2.24, 2.45) is 0 Å². The first kappa shape index (κ1) is 24.9. The van der Waals surface area contributed by atoms with Gasteiger partial charge in [-0.15, -0.1) is 0 Å². The summed E-state index contributed by atoms with van der Waals surface area (Å²) in [7, 11) is 3.05. The van der Waals surface area contributed by atoms with Crippen molar-refractivity contribution >= 4 is 22.7 Å². The van der Waals surface area contributed by atoms with Crippen molar-refractivity contribution in [3.05, 3.63) is 28.8 Å². The molecule has 0 aliphatic carbocycles. The molecule has 3 heterocycles. The number of amides is 2. The Balaban J connectivity index is 1.26. The number of nitrogens with zero attached hydrogens (tertiary/aromatic N) is 5. The van der Waals surface area contributed by atoms with Gasteiger partial charge in [0.2, 0.25) is 11.8 Å². The lowest BCUT2D eigenvalue weighted by Gasteiger charge is -2.36. The van der Waals surface area contributed by atoms with E-state index >= 15 is 0 Å². The van der Waals surface area contributed by atoms with Gasteiger partial charge in [0, 0.05) is 58.3 Å². The molecule has 0 saturated carbocycles.